The van der Waals surface area contributed by atoms with E-state index < -0.39 is 0 Å². The van der Waals surface area contributed by atoms with Crippen LogP contribution in [0.1, 0.15) is 16.9 Å². The average Bonchev–Trinajstić information content (AvgIpc) is 3.05. The van der Waals surface area contributed by atoms with E-state index in [0.29, 0.717) is 23.0 Å². The van der Waals surface area contributed by atoms with Crippen molar-refractivity contribution in [3.8, 4) is 5.75 Å². The average molecular weight is 333 g/mol. The maximum absolute atomic E-state index is 11.5. The molecule has 1 amide bonds. The molecule has 0 spiro atoms. The molecule has 0 saturated carbocycles. The molecule has 7 heteroatoms. The predicted octanol–water partition coefficient (Wildman–Crippen LogP) is 2.15. The second-order valence-electron chi connectivity index (χ2n) is 5.26. The first-order valence-corrected chi connectivity index (χ1v) is 7.77. The molecule has 2 heterocycles. The Labute approximate surface area is 139 Å². The van der Waals surface area contributed by atoms with E-state index in [-0.39, 0.29) is 12.0 Å². The van der Waals surface area contributed by atoms with Crippen LogP contribution in [0.15, 0.2) is 36.4 Å². The molecule has 120 valence electrons. The molecule has 0 radical (unpaired) electrons. The van der Waals surface area contributed by atoms with Gasteiger partial charge in [0, 0.05) is 20.0 Å². The number of anilines is 1. The van der Waals surface area contributed by atoms with Gasteiger partial charge in [-0.25, -0.2) is 0 Å². The number of nitrogens with zero attached hydrogens (tertiary/aromatic N) is 3. The number of rotatable bonds is 4. The van der Waals surface area contributed by atoms with Crippen LogP contribution in [-0.4, -0.2) is 42.3 Å². The van der Waals surface area contributed by atoms with E-state index in [4.69, 9.17) is 16.3 Å². The lowest BCUT2D eigenvalue weighted by molar-refractivity contribution is 0.0957. The predicted molar refractivity (Wildman–Crippen MR) is 88.1 cm³/mol. The van der Waals surface area contributed by atoms with Gasteiger partial charge in [-0.2, -0.15) is 0 Å². The first kappa shape index (κ1) is 15.6. The van der Waals surface area contributed by atoms with E-state index in [1.807, 2.05) is 24.3 Å². The van der Waals surface area contributed by atoms with Crippen molar-refractivity contribution in [2.45, 2.75) is 12.5 Å². The molecule has 1 aliphatic rings. The van der Waals surface area contributed by atoms with Crippen molar-refractivity contribution >= 4 is 23.3 Å². The molecule has 23 heavy (non-hydrogen) atoms. The smallest absolute Gasteiger partial charge is 0.271 e. The minimum absolute atomic E-state index is 0.0512. The van der Waals surface area contributed by atoms with Gasteiger partial charge in [-0.1, -0.05) is 23.7 Å². The number of carbonyl (C=O) groups excluding carboxylic acids is 1. The van der Waals surface area contributed by atoms with Crippen LogP contribution in [0.5, 0.6) is 5.75 Å². The molecule has 1 atom stereocenters. The summed E-state index contributed by atoms with van der Waals surface area (Å²) < 4.78 is 5.95. The van der Waals surface area contributed by atoms with Crippen LogP contribution < -0.4 is 15.0 Å². The van der Waals surface area contributed by atoms with Crippen molar-refractivity contribution < 1.29 is 9.53 Å². The van der Waals surface area contributed by atoms with E-state index in [2.05, 4.69) is 20.4 Å². The van der Waals surface area contributed by atoms with Crippen LogP contribution in [0.25, 0.3) is 0 Å². The summed E-state index contributed by atoms with van der Waals surface area (Å²) in [5, 5.41) is 11.2. The molecule has 1 saturated heterocycles. The van der Waals surface area contributed by atoms with E-state index in [0.717, 1.165) is 18.8 Å². The summed E-state index contributed by atoms with van der Waals surface area (Å²) in [4.78, 5) is 13.6. The fourth-order valence-corrected chi connectivity index (χ4v) is 2.68. The molecule has 1 aromatic heterocycles. The third-order valence-electron chi connectivity index (χ3n) is 3.71. The maximum Gasteiger partial charge on any atom is 0.271 e. The zero-order valence-corrected chi connectivity index (χ0v) is 13.5. The lowest BCUT2D eigenvalue weighted by Gasteiger charge is -2.18. The summed E-state index contributed by atoms with van der Waals surface area (Å²) in [5.74, 6) is 1.19. The van der Waals surface area contributed by atoms with Gasteiger partial charge < -0.3 is 15.0 Å². The van der Waals surface area contributed by atoms with Gasteiger partial charge in [0.25, 0.3) is 5.91 Å². The third kappa shape index (κ3) is 3.53. The Kier molecular flexibility index (Phi) is 4.62. The van der Waals surface area contributed by atoms with Crippen LogP contribution in [0.2, 0.25) is 5.02 Å². The highest BCUT2D eigenvalue weighted by atomic mass is 35.5. The number of hydrogen-bond acceptors (Lipinski definition) is 5. The highest BCUT2D eigenvalue weighted by Gasteiger charge is 2.26. The first-order chi connectivity index (χ1) is 11.2. The van der Waals surface area contributed by atoms with Gasteiger partial charge in [-0.05, 0) is 24.3 Å². The van der Waals surface area contributed by atoms with Crippen LogP contribution >= 0.6 is 11.6 Å². The molecule has 3 rings (SSSR count). The second kappa shape index (κ2) is 6.83. The largest absolute Gasteiger partial charge is 0.487 e. The van der Waals surface area contributed by atoms with Crippen LogP contribution in [-0.2, 0) is 0 Å². The molecule has 1 fully saturated rings. The Bertz CT molecular complexity index is 693. The molecule has 1 aromatic carbocycles. The van der Waals surface area contributed by atoms with E-state index in [9.17, 15) is 4.79 Å². The van der Waals surface area contributed by atoms with Crippen molar-refractivity contribution in [3.63, 3.8) is 0 Å². The number of aromatic nitrogens is 2. The highest BCUT2D eigenvalue weighted by molar-refractivity contribution is 6.32. The summed E-state index contributed by atoms with van der Waals surface area (Å²) >= 11 is 6.12. The summed E-state index contributed by atoms with van der Waals surface area (Å²) in [7, 11) is 1.56. The molecule has 0 bridgehead atoms. The Balaban J connectivity index is 1.63. The van der Waals surface area contributed by atoms with E-state index >= 15 is 0 Å². The number of nitrogens with one attached hydrogen (secondary N) is 1. The fourth-order valence-electron chi connectivity index (χ4n) is 2.50. The van der Waals surface area contributed by atoms with Crippen molar-refractivity contribution in [1.82, 2.24) is 15.5 Å². The number of hydrogen-bond donors (Lipinski definition) is 1. The normalized spacial score (nSPS) is 17.1. The summed E-state index contributed by atoms with van der Waals surface area (Å²) in [6, 6.07) is 10.9. The zero-order valence-electron chi connectivity index (χ0n) is 12.7. The van der Waals surface area contributed by atoms with Crippen LogP contribution in [0, 0.1) is 0 Å². The molecular weight excluding hydrogens is 316 g/mol. The van der Waals surface area contributed by atoms with Crippen LogP contribution in [0.3, 0.4) is 0 Å². The molecule has 1 N–H and O–H groups in total. The number of ether oxygens (including phenoxy) is 1. The van der Waals surface area contributed by atoms with Gasteiger partial charge >= 0.3 is 0 Å². The molecule has 2 aromatic rings. The molecule has 0 aliphatic carbocycles. The van der Waals surface area contributed by atoms with Gasteiger partial charge in [0.2, 0.25) is 0 Å². The minimum Gasteiger partial charge on any atom is -0.487 e. The summed E-state index contributed by atoms with van der Waals surface area (Å²) in [6.07, 6.45) is 0.930. The fraction of sp³-hybridized carbons (Fsp3) is 0.312. The monoisotopic (exact) mass is 332 g/mol. The standard InChI is InChI=1S/C16H17ClN4O2/c1-18-16(22)13-6-7-15(20-19-13)21-9-8-11(10-21)23-14-5-3-2-4-12(14)17/h2-7,11H,8-10H2,1H3,(H,18,22). The summed E-state index contributed by atoms with van der Waals surface area (Å²) in [6.45, 7) is 1.53. The van der Waals surface area contributed by atoms with Gasteiger partial charge in [-0.3, -0.25) is 4.79 Å². The molecule has 1 unspecified atom stereocenters. The van der Waals surface area contributed by atoms with Gasteiger partial charge in [0.05, 0.1) is 11.6 Å². The lowest BCUT2D eigenvalue weighted by Crippen LogP contribution is -2.26. The quantitative estimate of drug-likeness (QED) is 0.929. The lowest BCUT2D eigenvalue weighted by atomic mass is 10.3. The van der Waals surface area contributed by atoms with Gasteiger partial charge in [0.15, 0.2) is 11.5 Å². The third-order valence-corrected chi connectivity index (χ3v) is 4.02. The topological polar surface area (TPSA) is 67.4 Å². The number of para-hydroxylation sites is 1. The number of amides is 1. The molecule has 1 aliphatic heterocycles. The Morgan fingerprint density at radius 2 is 2.13 bits per heavy atom. The molecule has 6 nitrogen and oxygen atoms in total. The number of carbonyl (C=O) groups is 1. The second-order valence-corrected chi connectivity index (χ2v) is 5.67. The summed E-state index contributed by atoms with van der Waals surface area (Å²) in [5.41, 5.74) is 0.305. The van der Waals surface area contributed by atoms with E-state index in [1.165, 1.54) is 0 Å². The van der Waals surface area contributed by atoms with E-state index in [1.54, 1.807) is 19.2 Å². The Hall–Kier alpha value is -2.34. The van der Waals surface area contributed by atoms with Crippen molar-refractivity contribution in [2.24, 2.45) is 0 Å². The van der Waals surface area contributed by atoms with Crippen molar-refractivity contribution in [3.05, 3.63) is 47.1 Å². The zero-order chi connectivity index (χ0) is 16.2. The minimum atomic E-state index is -0.245. The number of halogens is 1. The number of benzene rings is 1. The van der Waals surface area contributed by atoms with Gasteiger partial charge in [-0.15, -0.1) is 10.2 Å². The SMILES string of the molecule is CNC(=O)c1ccc(N2CCC(Oc3ccccc3Cl)C2)nn1. The van der Waals surface area contributed by atoms with Gasteiger partial charge in [0.1, 0.15) is 11.9 Å². The maximum atomic E-state index is 11.5. The molecular formula is C16H17ClN4O2. The van der Waals surface area contributed by atoms with Crippen molar-refractivity contribution in [1.29, 1.82) is 0 Å². The first-order valence-electron chi connectivity index (χ1n) is 7.39. The Morgan fingerprint density at radius 3 is 2.83 bits per heavy atom. The van der Waals surface area contributed by atoms with Crippen molar-refractivity contribution in [2.75, 3.05) is 25.0 Å². The Morgan fingerprint density at radius 1 is 1.30 bits per heavy atom. The highest BCUT2D eigenvalue weighted by Crippen LogP contribution is 2.27. The van der Waals surface area contributed by atoms with Crippen LogP contribution in [0.4, 0.5) is 5.82 Å².